The summed E-state index contributed by atoms with van der Waals surface area (Å²) in [6, 6.07) is 103. The van der Waals surface area contributed by atoms with Crippen molar-refractivity contribution in [3.63, 3.8) is 0 Å². The molecule has 22 rings (SSSR count). The molecule has 21 aromatic rings. The molecule has 0 radical (unpaired) electrons. The Morgan fingerprint density at radius 3 is 1.42 bits per heavy atom. The van der Waals surface area contributed by atoms with Crippen molar-refractivity contribution < 1.29 is 13.3 Å². The summed E-state index contributed by atoms with van der Waals surface area (Å²) < 4.78 is 27.5. The summed E-state index contributed by atoms with van der Waals surface area (Å²) in [7, 11) is 0. The molecule has 0 saturated heterocycles. The van der Waals surface area contributed by atoms with E-state index in [4.69, 9.17) is 38.2 Å². The van der Waals surface area contributed by atoms with Gasteiger partial charge < -0.3 is 18.6 Å². The maximum Gasteiger partial charge on any atom is 0.164 e. The summed E-state index contributed by atoms with van der Waals surface area (Å²) in [5.41, 5.74) is 16.9. The SMILES string of the molecule is c1ccc(C2=NC(c3ccc4c(c3)oc3cc(-c5cccc6c5sc5ccc(-c7cccc(-c8nc(-c9ccc%10c(c9)oc9cc(-c%11cccc%12c%11sc%11ccccc%11%12)ccc9%10)nc(-c9cccc%10oc%11ccccc%11c9%10)n8)c7)cc56)ccc34)=NC(c3cccc4c3sc3ccccc34)N2)cc1. The number of benzene rings is 14. The standard InChI is InChI=1S/C90H50N6O3S3/c1-2-15-49(16-3-1)85-91-87(96-90(93-85)70-28-13-25-66-64-20-6-9-32-79(64)101-84(66)70)55-35-40-61-60-39-34-53(46-75(60)99-76(61)47-55)58-23-12-26-67-71-44-51(37-42-80(71)102-83(58)67)50-17-10-18-54(43-50)86-92-88(95-89(94-86)69-27-14-30-73-81(69)68-21-4-7-29-72(68)97-73)56-36-41-62-59-38-33-52(45-74(59)98-77(62)48-56)57-22-11-24-65-63-19-5-8-31-78(63)100-82(57)65/h1-48,90H,(H,91,93,96). The second-order valence-electron chi connectivity index (χ2n) is 26.1. The number of furan rings is 3. The smallest absolute Gasteiger partial charge is 0.164 e. The van der Waals surface area contributed by atoms with E-state index in [1.807, 2.05) is 82.5 Å². The van der Waals surface area contributed by atoms with Crippen LogP contribution in [0.25, 0.3) is 194 Å². The Morgan fingerprint density at radius 1 is 0.275 bits per heavy atom. The summed E-state index contributed by atoms with van der Waals surface area (Å²) in [6.07, 6.45) is -0.363. The van der Waals surface area contributed by atoms with E-state index in [0.717, 1.165) is 133 Å². The van der Waals surface area contributed by atoms with Gasteiger partial charge in [0.05, 0.1) is 0 Å². The molecular weight excluding hydrogens is 1310 g/mol. The first kappa shape index (κ1) is 57.2. The summed E-state index contributed by atoms with van der Waals surface area (Å²) in [5, 5.41) is 17.2. The van der Waals surface area contributed by atoms with Gasteiger partial charge in [-0.1, -0.05) is 200 Å². The third kappa shape index (κ3) is 9.10. The normalized spacial score (nSPS) is 13.6. The fourth-order valence-electron chi connectivity index (χ4n) is 15.4. The second kappa shape index (κ2) is 22.4. The topological polar surface area (TPSA) is 115 Å². The van der Waals surface area contributed by atoms with Crippen molar-refractivity contribution in [2.75, 3.05) is 0 Å². The number of nitrogens with zero attached hydrogens (tertiary/aromatic N) is 5. The van der Waals surface area contributed by atoms with Crippen molar-refractivity contribution in [2.45, 2.75) is 6.17 Å². The van der Waals surface area contributed by atoms with Gasteiger partial charge in [0.25, 0.3) is 0 Å². The fraction of sp³-hybridized carbons (Fsp3) is 0.0111. The quantitative estimate of drug-likeness (QED) is 0.153. The average Bonchev–Trinajstić information content (AvgIpc) is 1.58. The lowest BCUT2D eigenvalue weighted by atomic mass is 9.98. The molecule has 9 nitrogen and oxygen atoms in total. The number of amidine groups is 2. The molecule has 14 aromatic carbocycles. The number of hydrogen-bond acceptors (Lipinski definition) is 12. The van der Waals surface area contributed by atoms with Crippen LogP contribution in [-0.4, -0.2) is 26.6 Å². The molecule has 1 N–H and O–H groups in total. The summed E-state index contributed by atoms with van der Waals surface area (Å²) in [4.78, 5) is 26.6. The Bertz CT molecular complexity index is 7210. The fourth-order valence-corrected chi connectivity index (χ4v) is 19.1. The average molecular weight is 1360 g/mol. The van der Waals surface area contributed by atoms with Gasteiger partial charge >= 0.3 is 0 Å². The van der Waals surface area contributed by atoms with E-state index in [1.54, 1.807) is 0 Å². The molecule has 12 heteroatoms. The van der Waals surface area contributed by atoms with Gasteiger partial charge in [0.15, 0.2) is 23.3 Å². The third-order valence-electron chi connectivity index (χ3n) is 20.2. The maximum absolute atomic E-state index is 6.85. The van der Waals surface area contributed by atoms with Crippen LogP contribution >= 0.6 is 34.0 Å². The first-order valence-electron chi connectivity index (χ1n) is 33.9. The van der Waals surface area contributed by atoms with Crippen molar-refractivity contribution in [2.24, 2.45) is 9.98 Å². The number of thiophene rings is 3. The van der Waals surface area contributed by atoms with Crippen LogP contribution < -0.4 is 5.32 Å². The molecule has 0 bridgehead atoms. The number of nitrogens with one attached hydrogen (secondary N) is 1. The van der Waals surface area contributed by atoms with Crippen LogP contribution in [0.2, 0.25) is 0 Å². The second-order valence-corrected chi connectivity index (χ2v) is 29.3. The molecule has 1 unspecified atom stereocenters. The Labute approximate surface area is 592 Å². The van der Waals surface area contributed by atoms with Gasteiger partial charge in [-0.3, -0.25) is 0 Å². The molecule has 1 aliphatic rings. The molecule has 476 valence electrons. The number of rotatable bonds is 9. The molecule has 8 heterocycles. The predicted molar refractivity (Wildman–Crippen MR) is 425 cm³/mol. The number of aliphatic imine (C=N–C) groups is 2. The Balaban J connectivity index is 0.607. The molecule has 7 aromatic heterocycles. The number of para-hydroxylation sites is 1. The first-order valence-corrected chi connectivity index (χ1v) is 36.4. The zero-order chi connectivity index (χ0) is 66.7. The van der Waals surface area contributed by atoms with Crippen molar-refractivity contribution in [1.29, 1.82) is 0 Å². The lowest BCUT2D eigenvalue weighted by Crippen LogP contribution is -2.33. The van der Waals surface area contributed by atoms with E-state index >= 15 is 0 Å². The van der Waals surface area contributed by atoms with Gasteiger partial charge in [-0.15, -0.1) is 34.0 Å². The molecule has 0 aliphatic carbocycles. The molecule has 0 spiro atoms. The number of fused-ring (bicyclic) bond motifs is 18. The third-order valence-corrected chi connectivity index (χ3v) is 23.9. The summed E-state index contributed by atoms with van der Waals surface area (Å²) in [5.74, 6) is 3.04. The van der Waals surface area contributed by atoms with E-state index in [0.29, 0.717) is 23.3 Å². The van der Waals surface area contributed by atoms with E-state index in [2.05, 4.69) is 248 Å². The molecule has 0 amide bonds. The first-order chi connectivity index (χ1) is 50.5. The Hall–Kier alpha value is -12.7. The Kier molecular flexibility index (Phi) is 12.6. The van der Waals surface area contributed by atoms with Crippen LogP contribution in [0.3, 0.4) is 0 Å². The van der Waals surface area contributed by atoms with E-state index in [1.165, 1.54) is 66.1 Å². The summed E-state index contributed by atoms with van der Waals surface area (Å²) in [6.45, 7) is 0. The monoisotopic (exact) mass is 1360 g/mol. The highest BCUT2D eigenvalue weighted by Gasteiger charge is 2.26. The van der Waals surface area contributed by atoms with Crippen molar-refractivity contribution in [3.8, 4) is 67.5 Å². The van der Waals surface area contributed by atoms with E-state index < -0.39 is 0 Å². The minimum absolute atomic E-state index is 0.363. The molecule has 102 heavy (non-hydrogen) atoms. The molecular formula is C90H50N6O3S3. The molecule has 0 saturated carbocycles. The minimum Gasteiger partial charge on any atom is -0.456 e. The van der Waals surface area contributed by atoms with Crippen LogP contribution in [0.4, 0.5) is 0 Å². The largest absolute Gasteiger partial charge is 0.456 e. The van der Waals surface area contributed by atoms with Crippen LogP contribution in [0.1, 0.15) is 22.9 Å². The van der Waals surface area contributed by atoms with Crippen molar-refractivity contribution in [3.05, 3.63) is 308 Å². The van der Waals surface area contributed by atoms with Gasteiger partial charge in [0.1, 0.15) is 45.5 Å². The minimum atomic E-state index is -0.363. The molecule has 1 atom stereocenters. The van der Waals surface area contributed by atoms with E-state index in [9.17, 15) is 0 Å². The highest BCUT2D eigenvalue weighted by molar-refractivity contribution is 7.27. The van der Waals surface area contributed by atoms with Gasteiger partial charge in [0, 0.05) is 126 Å². The lowest BCUT2D eigenvalue weighted by Gasteiger charge is -2.24. The van der Waals surface area contributed by atoms with Crippen molar-refractivity contribution in [1.82, 2.24) is 20.3 Å². The molecule has 1 aliphatic heterocycles. The predicted octanol–water partition coefficient (Wildman–Crippen LogP) is 25.2. The van der Waals surface area contributed by atoms with Crippen LogP contribution in [-0.2, 0) is 0 Å². The Morgan fingerprint density at radius 2 is 0.725 bits per heavy atom. The van der Waals surface area contributed by atoms with E-state index in [-0.39, 0.29) is 6.17 Å². The van der Waals surface area contributed by atoms with Gasteiger partial charge in [-0.2, -0.15) is 0 Å². The zero-order valence-corrected chi connectivity index (χ0v) is 56.4. The van der Waals surface area contributed by atoms with Crippen LogP contribution in [0, 0.1) is 0 Å². The highest BCUT2D eigenvalue weighted by atomic mass is 32.1. The highest BCUT2D eigenvalue weighted by Crippen LogP contribution is 2.47. The van der Waals surface area contributed by atoms with Crippen LogP contribution in [0.5, 0.6) is 0 Å². The number of aromatic nitrogens is 3. The van der Waals surface area contributed by atoms with Crippen LogP contribution in [0.15, 0.2) is 314 Å². The summed E-state index contributed by atoms with van der Waals surface area (Å²) >= 11 is 5.46. The van der Waals surface area contributed by atoms with Gasteiger partial charge in [-0.25, -0.2) is 24.9 Å². The number of hydrogen-bond donors (Lipinski definition) is 1. The maximum atomic E-state index is 6.85. The zero-order valence-electron chi connectivity index (χ0n) is 54.0. The van der Waals surface area contributed by atoms with Crippen molar-refractivity contribution >= 4 is 172 Å². The van der Waals surface area contributed by atoms with Gasteiger partial charge in [-0.05, 0) is 124 Å². The lowest BCUT2D eigenvalue weighted by molar-refractivity contribution is 0.668. The molecule has 0 fully saturated rings. The van der Waals surface area contributed by atoms with Gasteiger partial charge in [0.2, 0.25) is 0 Å².